The largest absolute Gasteiger partial charge is 0.367 e. The van der Waals surface area contributed by atoms with Crippen LogP contribution in [0.15, 0.2) is 30.3 Å². The number of aryl methyl sites for hydroxylation is 1. The smallest absolute Gasteiger partial charge is 0.136 e. The summed E-state index contributed by atoms with van der Waals surface area (Å²) in [7, 11) is 0. The van der Waals surface area contributed by atoms with Gasteiger partial charge in [0.1, 0.15) is 17.5 Å². The maximum absolute atomic E-state index is 8.80. The van der Waals surface area contributed by atoms with Gasteiger partial charge in [0.15, 0.2) is 0 Å². The predicted octanol–water partition coefficient (Wildman–Crippen LogP) is 3.61. The van der Waals surface area contributed by atoms with E-state index >= 15 is 0 Å². The maximum atomic E-state index is 8.80. The van der Waals surface area contributed by atoms with E-state index in [4.69, 9.17) is 5.26 Å². The third-order valence-corrected chi connectivity index (χ3v) is 3.13. The molecule has 2 aromatic rings. The van der Waals surface area contributed by atoms with Crippen molar-refractivity contribution in [2.24, 2.45) is 0 Å². The first-order valence-electron chi connectivity index (χ1n) is 7.00. The molecule has 0 spiro atoms. The van der Waals surface area contributed by atoms with Crippen molar-refractivity contribution < 1.29 is 0 Å². The van der Waals surface area contributed by atoms with Gasteiger partial charge >= 0.3 is 0 Å². The van der Waals surface area contributed by atoms with E-state index in [0.717, 1.165) is 23.7 Å². The van der Waals surface area contributed by atoms with Crippen LogP contribution in [0.25, 0.3) is 0 Å². The molecule has 0 saturated heterocycles. The Hall–Kier alpha value is -2.61. The lowest BCUT2D eigenvalue weighted by molar-refractivity contribution is 0.757. The Bertz CT molecular complexity index is 643. The molecule has 0 aliphatic carbocycles. The minimum atomic E-state index is 0.363. The molecular weight excluding hydrogens is 262 g/mol. The van der Waals surface area contributed by atoms with Crippen LogP contribution < -0.4 is 10.6 Å². The standard InChI is InChI=1S/C16H19N5/c1-4-11(2)18-15-9-16(20-12(3)19-15)21-14-7-5-13(10-17)6-8-14/h5-9,11H,4H2,1-3H3,(H2,18,19,20,21). The fourth-order valence-electron chi connectivity index (χ4n) is 1.84. The molecule has 0 aliphatic rings. The van der Waals surface area contributed by atoms with Crippen LogP contribution in [0.5, 0.6) is 0 Å². The Morgan fingerprint density at radius 2 is 1.86 bits per heavy atom. The van der Waals surface area contributed by atoms with Gasteiger partial charge < -0.3 is 10.6 Å². The lowest BCUT2D eigenvalue weighted by Gasteiger charge is -2.14. The quantitative estimate of drug-likeness (QED) is 0.875. The molecular formula is C16H19N5. The van der Waals surface area contributed by atoms with E-state index in [0.29, 0.717) is 17.4 Å². The van der Waals surface area contributed by atoms with Crippen molar-refractivity contribution in [1.82, 2.24) is 9.97 Å². The molecule has 0 saturated carbocycles. The predicted molar refractivity (Wildman–Crippen MR) is 84.6 cm³/mol. The Kier molecular flexibility index (Phi) is 4.72. The summed E-state index contributed by atoms with van der Waals surface area (Å²) >= 11 is 0. The van der Waals surface area contributed by atoms with Crippen LogP contribution in [-0.4, -0.2) is 16.0 Å². The van der Waals surface area contributed by atoms with E-state index in [1.165, 1.54) is 0 Å². The summed E-state index contributed by atoms with van der Waals surface area (Å²) in [6.45, 7) is 6.11. The Morgan fingerprint density at radius 1 is 1.19 bits per heavy atom. The summed E-state index contributed by atoms with van der Waals surface area (Å²) in [6, 6.07) is 11.6. The highest BCUT2D eigenvalue weighted by atomic mass is 15.1. The third kappa shape index (κ3) is 4.18. The van der Waals surface area contributed by atoms with E-state index < -0.39 is 0 Å². The highest BCUT2D eigenvalue weighted by molar-refractivity contribution is 5.60. The fourth-order valence-corrected chi connectivity index (χ4v) is 1.84. The highest BCUT2D eigenvalue weighted by Crippen LogP contribution is 2.18. The lowest BCUT2D eigenvalue weighted by atomic mass is 10.2. The molecule has 1 atom stereocenters. The third-order valence-electron chi connectivity index (χ3n) is 3.13. The number of nitrogens with zero attached hydrogens (tertiary/aromatic N) is 3. The molecule has 108 valence electrons. The first-order chi connectivity index (χ1) is 10.1. The first-order valence-corrected chi connectivity index (χ1v) is 7.00. The molecule has 0 fully saturated rings. The summed E-state index contributed by atoms with van der Waals surface area (Å²) < 4.78 is 0. The SMILES string of the molecule is CCC(C)Nc1cc(Nc2ccc(C#N)cc2)nc(C)n1. The number of benzene rings is 1. The number of anilines is 3. The van der Waals surface area contributed by atoms with Crippen molar-refractivity contribution in [3.8, 4) is 6.07 Å². The van der Waals surface area contributed by atoms with Crippen LogP contribution in [0.3, 0.4) is 0 Å². The normalized spacial score (nSPS) is 11.5. The lowest BCUT2D eigenvalue weighted by Crippen LogP contribution is -2.15. The van der Waals surface area contributed by atoms with Crippen molar-refractivity contribution >= 4 is 17.3 Å². The van der Waals surface area contributed by atoms with Crippen LogP contribution in [0, 0.1) is 18.3 Å². The Balaban J connectivity index is 2.17. The highest BCUT2D eigenvalue weighted by Gasteiger charge is 2.05. The summed E-state index contributed by atoms with van der Waals surface area (Å²) in [5.74, 6) is 2.26. The number of rotatable bonds is 5. The average Bonchev–Trinajstić information content (AvgIpc) is 2.47. The van der Waals surface area contributed by atoms with E-state index in [1.807, 2.05) is 25.1 Å². The molecule has 1 aromatic carbocycles. The second-order valence-electron chi connectivity index (χ2n) is 4.95. The first kappa shape index (κ1) is 14.8. The van der Waals surface area contributed by atoms with Crippen molar-refractivity contribution in [2.75, 3.05) is 10.6 Å². The van der Waals surface area contributed by atoms with Crippen molar-refractivity contribution in [3.63, 3.8) is 0 Å². The van der Waals surface area contributed by atoms with Gasteiger partial charge in [-0.2, -0.15) is 5.26 Å². The molecule has 0 amide bonds. The Labute approximate surface area is 125 Å². The van der Waals surface area contributed by atoms with Crippen LogP contribution in [-0.2, 0) is 0 Å². The molecule has 0 aliphatic heterocycles. The van der Waals surface area contributed by atoms with Crippen molar-refractivity contribution in [2.45, 2.75) is 33.2 Å². The molecule has 5 heteroatoms. The number of nitriles is 1. The molecule has 2 N–H and O–H groups in total. The average molecular weight is 281 g/mol. The van der Waals surface area contributed by atoms with Crippen LogP contribution in [0.2, 0.25) is 0 Å². The zero-order valence-electron chi connectivity index (χ0n) is 12.5. The maximum Gasteiger partial charge on any atom is 0.136 e. The van der Waals surface area contributed by atoms with Gasteiger partial charge in [-0.3, -0.25) is 0 Å². The molecule has 2 rings (SSSR count). The zero-order chi connectivity index (χ0) is 15.2. The van der Waals surface area contributed by atoms with Gasteiger partial charge in [0.25, 0.3) is 0 Å². The van der Waals surface area contributed by atoms with Gasteiger partial charge in [-0.25, -0.2) is 9.97 Å². The minimum Gasteiger partial charge on any atom is -0.367 e. The molecule has 5 nitrogen and oxygen atoms in total. The summed E-state index contributed by atoms with van der Waals surface area (Å²) in [6.07, 6.45) is 1.03. The van der Waals surface area contributed by atoms with E-state index in [2.05, 4.69) is 40.5 Å². The number of hydrogen-bond acceptors (Lipinski definition) is 5. The van der Waals surface area contributed by atoms with E-state index in [-0.39, 0.29) is 0 Å². The van der Waals surface area contributed by atoms with Gasteiger partial charge in [0, 0.05) is 17.8 Å². The zero-order valence-corrected chi connectivity index (χ0v) is 12.5. The summed E-state index contributed by atoms with van der Waals surface area (Å²) in [5, 5.41) is 15.4. The van der Waals surface area contributed by atoms with Gasteiger partial charge in [0.05, 0.1) is 11.6 Å². The fraction of sp³-hybridized carbons (Fsp3) is 0.312. The van der Waals surface area contributed by atoms with Gasteiger partial charge in [0.2, 0.25) is 0 Å². The number of aromatic nitrogens is 2. The molecule has 21 heavy (non-hydrogen) atoms. The number of nitrogens with one attached hydrogen (secondary N) is 2. The summed E-state index contributed by atoms with van der Waals surface area (Å²) in [4.78, 5) is 8.76. The van der Waals surface area contributed by atoms with Gasteiger partial charge in [-0.15, -0.1) is 0 Å². The second kappa shape index (κ2) is 6.71. The monoisotopic (exact) mass is 281 g/mol. The molecule has 1 aromatic heterocycles. The van der Waals surface area contributed by atoms with E-state index in [9.17, 15) is 0 Å². The molecule has 0 radical (unpaired) electrons. The molecule has 1 heterocycles. The molecule has 1 unspecified atom stereocenters. The molecule has 0 bridgehead atoms. The second-order valence-corrected chi connectivity index (χ2v) is 4.95. The van der Waals surface area contributed by atoms with Crippen LogP contribution in [0.4, 0.5) is 17.3 Å². The van der Waals surface area contributed by atoms with E-state index in [1.54, 1.807) is 12.1 Å². The topological polar surface area (TPSA) is 73.6 Å². The number of hydrogen-bond donors (Lipinski definition) is 2. The van der Waals surface area contributed by atoms with Gasteiger partial charge in [-0.1, -0.05) is 6.92 Å². The van der Waals surface area contributed by atoms with Crippen LogP contribution >= 0.6 is 0 Å². The summed E-state index contributed by atoms with van der Waals surface area (Å²) in [5.41, 5.74) is 1.53. The van der Waals surface area contributed by atoms with Gasteiger partial charge in [-0.05, 0) is 44.5 Å². The van der Waals surface area contributed by atoms with Crippen molar-refractivity contribution in [3.05, 3.63) is 41.7 Å². The van der Waals surface area contributed by atoms with Crippen molar-refractivity contribution in [1.29, 1.82) is 5.26 Å². The minimum absolute atomic E-state index is 0.363. The Morgan fingerprint density at radius 3 is 2.48 bits per heavy atom. The van der Waals surface area contributed by atoms with Crippen LogP contribution in [0.1, 0.15) is 31.7 Å².